The molecule has 1 atom stereocenters. The normalized spacial score (nSPS) is 20.5. The van der Waals surface area contributed by atoms with E-state index >= 15 is 0 Å². The van der Waals surface area contributed by atoms with Gasteiger partial charge in [0, 0.05) is 11.5 Å². The van der Waals surface area contributed by atoms with Gasteiger partial charge < -0.3 is 19.7 Å². The first-order valence-corrected chi connectivity index (χ1v) is 8.12. The fourth-order valence-electron chi connectivity index (χ4n) is 3.39. The molecule has 0 aliphatic carbocycles. The molecule has 0 saturated carbocycles. The lowest BCUT2D eigenvalue weighted by Gasteiger charge is -2.32. The Labute approximate surface area is 141 Å². The van der Waals surface area contributed by atoms with E-state index in [1.807, 2.05) is 38.1 Å². The molecule has 2 aromatic carbocycles. The lowest BCUT2D eigenvalue weighted by Crippen LogP contribution is -2.28. The van der Waals surface area contributed by atoms with Crippen molar-refractivity contribution in [3.05, 3.63) is 53.1 Å². The molecule has 2 aliphatic heterocycles. The zero-order valence-corrected chi connectivity index (χ0v) is 13.7. The molecule has 2 N–H and O–H groups in total. The van der Waals surface area contributed by atoms with Crippen molar-refractivity contribution in [3.63, 3.8) is 0 Å². The van der Waals surface area contributed by atoms with Crippen molar-refractivity contribution in [1.82, 2.24) is 0 Å². The van der Waals surface area contributed by atoms with Crippen LogP contribution in [0.25, 0.3) is 6.08 Å². The Hall–Kier alpha value is -2.62. The summed E-state index contributed by atoms with van der Waals surface area (Å²) >= 11 is 0. The molecule has 2 aromatic rings. The van der Waals surface area contributed by atoms with Crippen LogP contribution in [0.2, 0.25) is 0 Å². The maximum absolute atomic E-state index is 10.1. The summed E-state index contributed by atoms with van der Waals surface area (Å²) in [4.78, 5) is 0. The van der Waals surface area contributed by atoms with Gasteiger partial charge in [0.2, 0.25) is 0 Å². The number of benzene rings is 2. The molecule has 4 nitrogen and oxygen atoms in total. The molecule has 24 heavy (non-hydrogen) atoms. The first-order chi connectivity index (χ1) is 11.4. The summed E-state index contributed by atoms with van der Waals surface area (Å²) in [6, 6.07) is 9.06. The molecule has 0 bridgehead atoms. The van der Waals surface area contributed by atoms with Crippen molar-refractivity contribution < 1.29 is 19.7 Å². The number of rotatable bonds is 1. The van der Waals surface area contributed by atoms with Crippen LogP contribution in [0, 0.1) is 0 Å². The third kappa shape index (κ3) is 2.39. The second-order valence-electron chi connectivity index (χ2n) is 6.93. The first kappa shape index (κ1) is 14.9. The van der Waals surface area contributed by atoms with Crippen LogP contribution in [0.1, 0.15) is 36.5 Å². The van der Waals surface area contributed by atoms with E-state index in [1.165, 1.54) is 6.07 Å². The van der Waals surface area contributed by atoms with Gasteiger partial charge in [-0.25, -0.2) is 0 Å². The van der Waals surface area contributed by atoms with E-state index in [1.54, 1.807) is 6.07 Å². The Kier molecular flexibility index (Phi) is 3.23. The minimum atomic E-state index is -0.314. The number of phenolic OH excluding ortho intramolecular Hbond substituents is 2. The summed E-state index contributed by atoms with van der Waals surface area (Å²) < 4.78 is 12.0. The molecule has 0 spiro atoms. The Morgan fingerprint density at radius 3 is 2.79 bits per heavy atom. The third-order valence-corrected chi connectivity index (χ3v) is 4.64. The van der Waals surface area contributed by atoms with Gasteiger partial charge in [0.1, 0.15) is 17.1 Å². The van der Waals surface area contributed by atoms with Gasteiger partial charge in [0.15, 0.2) is 11.5 Å². The number of fused-ring (bicyclic) bond motifs is 3. The van der Waals surface area contributed by atoms with E-state index in [0.717, 1.165) is 29.0 Å². The summed E-state index contributed by atoms with van der Waals surface area (Å²) in [6.45, 7) is 4.50. The number of hydrogen-bond acceptors (Lipinski definition) is 4. The largest absolute Gasteiger partial charge is 0.504 e. The molecule has 0 unspecified atom stereocenters. The zero-order chi connectivity index (χ0) is 16.9. The van der Waals surface area contributed by atoms with Crippen LogP contribution in [0.3, 0.4) is 0 Å². The van der Waals surface area contributed by atoms with Crippen LogP contribution in [-0.2, 0) is 6.42 Å². The molecule has 0 aromatic heterocycles. The minimum absolute atomic E-state index is 0.00702. The maximum atomic E-state index is 10.1. The van der Waals surface area contributed by atoms with E-state index in [0.29, 0.717) is 12.2 Å². The smallest absolute Gasteiger partial charge is 0.161 e. The summed E-state index contributed by atoms with van der Waals surface area (Å²) in [5.41, 5.74) is 2.46. The highest BCUT2D eigenvalue weighted by Crippen LogP contribution is 2.44. The van der Waals surface area contributed by atoms with Gasteiger partial charge in [-0.3, -0.25) is 0 Å². The van der Waals surface area contributed by atoms with E-state index < -0.39 is 0 Å². The molecule has 0 fully saturated rings. The molecule has 0 radical (unpaired) electrons. The predicted octanol–water partition coefficient (Wildman–Crippen LogP) is 4.00. The highest BCUT2D eigenvalue weighted by Gasteiger charge is 2.30. The highest BCUT2D eigenvalue weighted by atomic mass is 16.5. The van der Waals surface area contributed by atoms with Crippen LogP contribution in [-0.4, -0.2) is 22.4 Å². The van der Waals surface area contributed by atoms with Crippen molar-refractivity contribution in [3.8, 4) is 23.0 Å². The lowest BCUT2D eigenvalue weighted by atomic mass is 9.88. The SMILES string of the molecule is CC1(C)C=Cc2c(ccc3c2OC[C@H](c2cccc(O)c2O)C3)O1. The van der Waals surface area contributed by atoms with Gasteiger partial charge in [-0.2, -0.15) is 0 Å². The Bertz CT molecular complexity index is 836. The fourth-order valence-corrected chi connectivity index (χ4v) is 3.39. The topological polar surface area (TPSA) is 58.9 Å². The quantitative estimate of drug-likeness (QED) is 0.779. The summed E-state index contributed by atoms with van der Waals surface area (Å²) in [6.07, 6.45) is 4.84. The number of ether oxygens (including phenoxy) is 2. The molecule has 124 valence electrons. The van der Waals surface area contributed by atoms with Gasteiger partial charge in [0.25, 0.3) is 0 Å². The maximum Gasteiger partial charge on any atom is 0.161 e. The second kappa shape index (κ2) is 5.20. The van der Waals surface area contributed by atoms with Gasteiger partial charge in [-0.1, -0.05) is 18.2 Å². The number of para-hydroxylation sites is 1. The third-order valence-electron chi connectivity index (χ3n) is 4.64. The predicted molar refractivity (Wildman–Crippen MR) is 91.9 cm³/mol. The number of phenols is 2. The van der Waals surface area contributed by atoms with Crippen LogP contribution in [0.5, 0.6) is 23.0 Å². The van der Waals surface area contributed by atoms with Crippen molar-refractivity contribution in [2.24, 2.45) is 0 Å². The van der Waals surface area contributed by atoms with E-state index in [-0.39, 0.29) is 23.0 Å². The first-order valence-electron chi connectivity index (χ1n) is 8.12. The molecule has 2 heterocycles. The summed E-state index contributed by atoms with van der Waals surface area (Å²) in [7, 11) is 0. The van der Waals surface area contributed by atoms with Gasteiger partial charge >= 0.3 is 0 Å². The molecule has 2 aliphatic rings. The van der Waals surface area contributed by atoms with E-state index in [2.05, 4.69) is 6.08 Å². The van der Waals surface area contributed by atoms with Crippen molar-refractivity contribution in [2.75, 3.05) is 6.61 Å². The van der Waals surface area contributed by atoms with E-state index in [4.69, 9.17) is 9.47 Å². The van der Waals surface area contributed by atoms with Crippen LogP contribution < -0.4 is 9.47 Å². The van der Waals surface area contributed by atoms with Crippen LogP contribution in [0.4, 0.5) is 0 Å². The average molecular weight is 324 g/mol. The van der Waals surface area contributed by atoms with Gasteiger partial charge in [0.05, 0.1) is 12.2 Å². The molecule has 0 saturated heterocycles. The Balaban J connectivity index is 1.69. The zero-order valence-electron chi connectivity index (χ0n) is 13.7. The molecular formula is C20H20O4. The Morgan fingerprint density at radius 2 is 1.96 bits per heavy atom. The lowest BCUT2D eigenvalue weighted by molar-refractivity contribution is 0.157. The van der Waals surface area contributed by atoms with Crippen LogP contribution in [0.15, 0.2) is 36.4 Å². The number of aromatic hydroxyl groups is 2. The molecular weight excluding hydrogens is 304 g/mol. The molecule has 0 amide bonds. The average Bonchev–Trinajstić information content (AvgIpc) is 2.55. The molecule has 4 rings (SSSR count). The fraction of sp³-hybridized carbons (Fsp3) is 0.300. The van der Waals surface area contributed by atoms with Crippen LogP contribution >= 0.6 is 0 Å². The van der Waals surface area contributed by atoms with Gasteiger partial charge in [-0.05, 0) is 50.1 Å². The minimum Gasteiger partial charge on any atom is -0.504 e. The Morgan fingerprint density at radius 1 is 1.12 bits per heavy atom. The summed E-state index contributed by atoms with van der Waals surface area (Å²) in [5, 5.41) is 19.8. The second-order valence-corrected chi connectivity index (χ2v) is 6.93. The van der Waals surface area contributed by atoms with Crippen molar-refractivity contribution >= 4 is 6.08 Å². The van der Waals surface area contributed by atoms with E-state index in [9.17, 15) is 10.2 Å². The molecule has 4 heteroatoms. The summed E-state index contributed by atoms with van der Waals surface area (Å²) in [5.74, 6) is 1.54. The van der Waals surface area contributed by atoms with Gasteiger partial charge in [-0.15, -0.1) is 0 Å². The monoisotopic (exact) mass is 324 g/mol. The van der Waals surface area contributed by atoms with Crippen molar-refractivity contribution in [1.29, 1.82) is 0 Å². The number of hydrogen-bond donors (Lipinski definition) is 2. The standard InChI is InChI=1S/C20H20O4/c1-20(2)9-8-15-17(24-20)7-6-12-10-13(11-23-19(12)15)14-4-3-5-16(21)18(14)22/h3-9,13,21-22H,10-11H2,1-2H3/t13-/m1/s1. The highest BCUT2D eigenvalue weighted by molar-refractivity contribution is 5.69. The van der Waals surface area contributed by atoms with Crippen molar-refractivity contribution in [2.45, 2.75) is 31.8 Å².